The van der Waals surface area contributed by atoms with Crippen molar-refractivity contribution in [1.29, 1.82) is 0 Å². The molecular weight excluding hydrogens is 213 g/mol. The molecule has 0 aromatic carbocycles. The third-order valence-electron chi connectivity index (χ3n) is 1.65. The largest absolute Gasteiger partial charge is 0.469 e. The molecular formula is C8H3F3N2O2. The lowest BCUT2D eigenvalue weighted by Gasteiger charge is -2.03. The lowest BCUT2D eigenvalue weighted by atomic mass is 10.3. The van der Waals surface area contributed by atoms with E-state index in [4.69, 9.17) is 0 Å². The maximum atomic E-state index is 12.2. The molecule has 0 fully saturated rings. The van der Waals surface area contributed by atoms with Crippen LogP contribution in [0.4, 0.5) is 13.2 Å². The highest BCUT2D eigenvalue weighted by molar-refractivity contribution is 5.72. The average Bonchev–Trinajstić information content (AvgIpc) is 2.16. The van der Waals surface area contributed by atoms with Gasteiger partial charge in [-0.15, -0.1) is 0 Å². The first kappa shape index (κ1) is 9.63. The smallest absolute Gasteiger partial charge is 0.398 e. The highest BCUT2D eigenvalue weighted by atomic mass is 19.4. The van der Waals surface area contributed by atoms with Gasteiger partial charge in [0.05, 0.1) is 0 Å². The maximum Gasteiger partial charge on any atom is 0.469 e. The molecule has 0 aliphatic carbocycles. The predicted molar refractivity (Wildman–Crippen MR) is 43.1 cm³/mol. The van der Waals surface area contributed by atoms with Crippen molar-refractivity contribution in [2.24, 2.45) is 0 Å². The zero-order valence-corrected chi connectivity index (χ0v) is 7.08. The van der Waals surface area contributed by atoms with E-state index in [2.05, 4.69) is 14.4 Å². The fraction of sp³-hybridized carbons (Fsp3) is 0.125. The molecule has 0 amide bonds. The molecule has 0 spiro atoms. The summed E-state index contributed by atoms with van der Waals surface area (Å²) < 4.78 is 40.5. The van der Waals surface area contributed by atoms with Crippen LogP contribution in [0.1, 0.15) is 5.89 Å². The fourth-order valence-electron chi connectivity index (χ4n) is 1.03. The molecule has 15 heavy (non-hydrogen) atoms. The van der Waals surface area contributed by atoms with E-state index in [1.807, 2.05) is 0 Å². The number of alkyl halides is 3. The summed E-state index contributed by atoms with van der Waals surface area (Å²) in [6, 6.07) is 2.70. The van der Waals surface area contributed by atoms with Crippen LogP contribution in [-0.4, -0.2) is 9.97 Å². The van der Waals surface area contributed by atoms with Gasteiger partial charge in [0.15, 0.2) is 5.65 Å². The minimum atomic E-state index is -4.79. The Kier molecular flexibility index (Phi) is 1.95. The molecule has 0 N–H and O–H groups in total. The monoisotopic (exact) mass is 216 g/mol. The molecule has 2 heterocycles. The molecule has 2 aromatic rings. The first-order chi connectivity index (χ1) is 6.98. The number of aromatic nitrogens is 2. The quantitative estimate of drug-likeness (QED) is 0.671. The van der Waals surface area contributed by atoms with Crippen molar-refractivity contribution in [1.82, 2.24) is 9.97 Å². The highest BCUT2D eigenvalue weighted by Crippen LogP contribution is 2.27. The van der Waals surface area contributed by atoms with E-state index in [0.29, 0.717) is 0 Å². The Balaban J connectivity index is 2.79. The summed E-state index contributed by atoms with van der Waals surface area (Å²) in [7, 11) is 0. The number of nitrogens with zero attached hydrogens (tertiary/aromatic N) is 2. The lowest BCUT2D eigenvalue weighted by molar-refractivity contribution is -0.158. The molecule has 0 saturated carbocycles. The van der Waals surface area contributed by atoms with E-state index in [9.17, 15) is 18.0 Å². The topological polar surface area (TPSA) is 56.0 Å². The van der Waals surface area contributed by atoms with Crippen LogP contribution < -0.4 is 5.63 Å². The van der Waals surface area contributed by atoms with Crippen molar-refractivity contribution in [2.45, 2.75) is 6.18 Å². The van der Waals surface area contributed by atoms with Gasteiger partial charge in [-0.2, -0.15) is 18.2 Å². The molecule has 0 aliphatic heterocycles. The summed E-state index contributed by atoms with van der Waals surface area (Å²) >= 11 is 0. The van der Waals surface area contributed by atoms with Crippen LogP contribution in [0.3, 0.4) is 0 Å². The summed E-state index contributed by atoms with van der Waals surface area (Å²) in [6.45, 7) is 0. The molecule has 7 heteroatoms. The number of fused-ring (bicyclic) bond motifs is 1. The summed E-state index contributed by atoms with van der Waals surface area (Å²) in [5.74, 6) is -1.58. The Morgan fingerprint density at radius 2 is 2.07 bits per heavy atom. The Morgan fingerprint density at radius 3 is 2.73 bits per heavy atom. The molecule has 0 aliphatic rings. The molecule has 0 bridgehead atoms. The average molecular weight is 216 g/mol. The number of pyridine rings is 1. The lowest BCUT2D eigenvalue weighted by Crippen LogP contribution is -2.14. The van der Waals surface area contributed by atoms with E-state index < -0.39 is 17.7 Å². The summed E-state index contributed by atoms with van der Waals surface area (Å²) in [5, 5.41) is -0.0782. The molecule has 0 atom stereocenters. The highest BCUT2D eigenvalue weighted by Gasteiger charge is 2.37. The van der Waals surface area contributed by atoms with E-state index in [0.717, 1.165) is 0 Å². The van der Waals surface area contributed by atoms with E-state index in [1.54, 1.807) is 0 Å². The van der Waals surface area contributed by atoms with Crippen molar-refractivity contribution in [3.05, 3.63) is 34.6 Å². The summed E-state index contributed by atoms with van der Waals surface area (Å²) in [5.41, 5.74) is -1.37. The second kappa shape index (κ2) is 3.04. The number of hydrogen-bond acceptors (Lipinski definition) is 4. The van der Waals surface area contributed by atoms with Crippen LogP contribution in [0.5, 0.6) is 0 Å². The first-order valence-electron chi connectivity index (χ1n) is 3.81. The SMILES string of the molecule is O=c1oc(C(F)(F)F)nc2ncccc12. The van der Waals surface area contributed by atoms with Crippen molar-refractivity contribution in [3.63, 3.8) is 0 Å². The molecule has 78 valence electrons. The summed E-state index contributed by atoms with van der Waals surface area (Å²) in [4.78, 5) is 17.7. The first-order valence-corrected chi connectivity index (χ1v) is 3.81. The van der Waals surface area contributed by atoms with Gasteiger partial charge in [0.2, 0.25) is 0 Å². The zero-order chi connectivity index (χ0) is 11.1. The third-order valence-corrected chi connectivity index (χ3v) is 1.65. The second-order valence-electron chi connectivity index (χ2n) is 2.68. The second-order valence-corrected chi connectivity index (χ2v) is 2.68. The van der Waals surface area contributed by atoms with E-state index in [1.165, 1.54) is 18.3 Å². The number of hydrogen-bond donors (Lipinski definition) is 0. The van der Waals surface area contributed by atoms with Crippen molar-refractivity contribution >= 4 is 11.0 Å². The minimum Gasteiger partial charge on any atom is -0.398 e. The minimum absolute atomic E-state index is 0.0782. The summed E-state index contributed by atoms with van der Waals surface area (Å²) in [6.07, 6.45) is -3.54. The van der Waals surface area contributed by atoms with Gasteiger partial charge in [0.1, 0.15) is 5.39 Å². The third kappa shape index (κ3) is 1.67. The van der Waals surface area contributed by atoms with Gasteiger partial charge < -0.3 is 4.42 Å². The Hall–Kier alpha value is -1.92. The van der Waals surface area contributed by atoms with Gasteiger partial charge in [-0.1, -0.05) is 0 Å². The molecule has 2 rings (SSSR count). The zero-order valence-electron chi connectivity index (χ0n) is 7.08. The number of rotatable bonds is 0. The van der Waals surface area contributed by atoms with Crippen LogP contribution in [0.25, 0.3) is 11.0 Å². The molecule has 4 nitrogen and oxygen atoms in total. The van der Waals surface area contributed by atoms with Gasteiger partial charge in [-0.25, -0.2) is 9.78 Å². The van der Waals surface area contributed by atoms with Crippen LogP contribution in [0.2, 0.25) is 0 Å². The predicted octanol–water partition coefficient (Wildman–Crippen LogP) is 1.60. The normalized spacial score (nSPS) is 11.9. The van der Waals surface area contributed by atoms with Gasteiger partial charge in [-0.3, -0.25) is 0 Å². The van der Waals surface area contributed by atoms with Gasteiger partial charge in [0, 0.05) is 6.20 Å². The molecule has 0 radical (unpaired) electrons. The fourth-order valence-corrected chi connectivity index (χ4v) is 1.03. The van der Waals surface area contributed by atoms with Gasteiger partial charge >= 0.3 is 17.7 Å². The standard InChI is InChI=1S/C8H3F3N2O2/c9-8(10,11)7-13-5-4(6(14)15-7)2-1-3-12-5/h1-3H. The van der Waals surface area contributed by atoms with Crippen molar-refractivity contribution in [2.75, 3.05) is 0 Å². The molecule has 0 unspecified atom stereocenters. The van der Waals surface area contributed by atoms with Crippen LogP contribution in [-0.2, 0) is 6.18 Å². The Bertz CT molecular complexity index is 562. The van der Waals surface area contributed by atoms with Crippen molar-refractivity contribution in [3.8, 4) is 0 Å². The van der Waals surface area contributed by atoms with Gasteiger partial charge in [0.25, 0.3) is 0 Å². The van der Waals surface area contributed by atoms with E-state index >= 15 is 0 Å². The Labute approximate surface area is 80.4 Å². The molecule has 2 aromatic heterocycles. The molecule has 0 saturated heterocycles. The van der Waals surface area contributed by atoms with Crippen LogP contribution >= 0.6 is 0 Å². The van der Waals surface area contributed by atoms with E-state index in [-0.39, 0.29) is 11.0 Å². The number of halogens is 3. The van der Waals surface area contributed by atoms with Crippen LogP contribution in [0.15, 0.2) is 27.5 Å². The maximum absolute atomic E-state index is 12.2. The van der Waals surface area contributed by atoms with Gasteiger partial charge in [-0.05, 0) is 12.1 Å². The Morgan fingerprint density at radius 1 is 1.33 bits per heavy atom. The van der Waals surface area contributed by atoms with Crippen molar-refractivity contribution < 1.29 is 17.6 Å². The van der Waals surface area contributed by atoms with Crippen LogP contribution in [0, 0.1) is 0 Å².